The van der Waals surface area contributed by atoms with Gasteiger partial charge >= 0.3 is 0 Å². The first-order chi connectivity index (χ1) is 11.9. The summed E-state index contributed by atoms with van der Waals surface area (Å²) in [5.74, 6) is 0. The average molecular weight is 353 g/mol. The van der Waals surface area contributed by atoms with E-state index in [2.05, 4.69) is 10.3 Å². The lowest BCUT2D eigenvalue weighted by molar-refractivity contribution is -0.139. The number of benzene rings is 1. The molecule has 25 heavy (non-hydrogen) atoms. The first kappa shape index (κ1) is 19.4. The van der Waals surface area contributed by atoms with Gasteiger partial charge in [0.15, 0.2) is 0 Å². The van der Waals surface area contributed by atoms with Gasteiger partial charge in [-0.05, 0) is 5.56 Å². The molecule has 1 heterocycles. The minimum absolute atomic E-state index is 0.102. The van der Waals surface area contributed by atoms with Crippen molar-refractivity contribution < 1.29 is 30.6 Å². The normalized spacial score (nSPS) is 17.7. The highest BCUT2D eigenvalue weighted by molar-refractivity contribution is 5.15. The lowest BCUT2D eigenvalue weighted by Crippen LogP contribution is -2.50. The molecule has 0 saturated carbocycles. The molecule has 0 aliphatic carbocycles. The third kappa shape index (κ3) is 5.30. The van der Waals surface area contributed by atoms with E-state index in [1.54, 1.807) is 10.9 Å². The van der Waals surface area contributed by atoms with Crippen molar-refractivity contribution in [2.45, 2.75) is 43.5 Å². The minimum Gasteiger partial charge on any atom is -0.394 e. The third-order valence-corrected chi connectivity index (χ3v) is 3.87. The van der Waals surface area contributed by atoms with Gasteiger partial charge in [-0.2, -0.15) is 0 Å². The Hall–Kier alpha value is -1.88. The fourth-order valence-corrected chi connectivity index (χ4v) is 2.38. The zero-order valence-electron chi connectivity index (χ0n) is 13.5. The second-order valence-electron chi connectivity index (χ2n) is 5.89. The molecule has 1 aromatic carbocycles. The molecule has 9 heteroatoms. The summed E-state index contributed by atoms with van der Waals surface area (Å²) in [4.78, 5) is 0. The Morgan fingerprint density at radius 3 is 2.16 bits per heavy atom. The summed E-state index contributed by atoms with van der Waals surface area (Å²) in [7, 11) is 0. The van der Waals surface area contributed by atoms with Crippen molar-refractivity contribution in [3.8, 4) is 0 Å². The number of hydrogen-bond donors (Lipinski definition) is 6. The Morgan fingerprint density at radius 2 is 1.52 bits per heavy atom. The lowest BCUT2D eigenvalue weighted by Gasteiger charge is -2.28. The second-order valence-corrected chi connectivity index (χ2v) is 5.89. The van der Waals surface area contributed by atoms with Crippen molar-refractivity contribution in [3.63, 3.8) is 0 Å². The van der Waals surface area contributed by atoms with Gasteiger partial charge in [-0.15, -0.1) is 5.10 Å². The highest BCUT2D eigenvalue weighted by Gasteiger charge is 2.34. The fraction of sp³-hybridized carbons (Fsp3) is 0.500. The third-order valence-electron chi connectivity index (χ3n) is 3.87. The van der Waals surface area contributed by atoms with Crippen LogP contribution in [-0.4, -0.2) is 82.8 Å². The molecule has 1 aromatic heterocycles. The maximum Gasteiger partial charge on any atom is 0.111 e. The second kappa shape index (κ2) is 8.99. The Morgan fingerprint density at radius 1 is 0.880 bits per heavy atom. The van der Waals surface area contributed by atoms with Gasteiger partial charge in [-0.1, -0.05) is 35.5 Å². The van der Waals surface area contributed by atoms with E-state index in [4.69, 9.17) is 5.11 Å². The molecule has 0 radical (unpaired) electrons. The molecule has 6 N–H and O–H groups in total. The van der Waals surface area contributed by atoms with Crippen molar-refractivity contribution >= 4 is 0 Å². The van der Waals surface area contributed by atoms with E-state index in [-0.39, 0.29) is 6.42 Å². The van der Waals surface area contributed by atoms with E-state index in [9.17, 15) is 25.5 Å². The van der Waals surface area contributed by atoms with Crippen LogP contribution in [0, 0.1) is 0 Å². The molecule has 0 saturated heterocycles. The number of aromatic nitrogens is 3. The van der Waals surface area contributed by atoms with Gasteiger partial charge in [0.25, 0.3) is 0 Å². The Balaban J connectivity index is 1.93. The first-order valence-electron chi connectivity index (χ1n) is 7.86. The molecule has 0 unspecified atom stereocenters. The van der Waals surface area contributed by atoms with E-state index in [1.165, 1.54) is 0 Å². The topological polar surface area (TPSA) is 152 Å². The number of hydrogen-bond acceptors (Lipinski definition) is 8. The van der Waals surface area contributed by atoms with Crippen molar-refractivity contribution in [3.05, 3.63) is 47.8 Å². The Kier molecular flexibility index (Phi) is 7.00. The molecule has 0 spiro atoms. The highest BCUT2D eigenvalue weighted by Crippen LogP contribution is 2.12. The number of nitrogens with zero attached hydrogens (tertiary/aromatic N) is 3. The van der Waals surface area contributed by atoms with Crippen LogP contribution in [0.3, 0.4) is 0 Å². The predicted octanol–water partition coefficient (Wildman–Crippen LogP) is -2.33. The quantitative estimate of drug-likeness (QED) is 0.293. The smallest absolute Gasteiger partial charge is 0.111 e. The van der Waals surface area contributed by atoms with Crippen LogP contribution in [0.25, 0.3) is 0 Å². The van der Waals surface area contributed by atoms with Gasteiger partial charge in [0, 0.05) is 12.6 Å². The molecule has 0 aliphatic rings. The molecular weight excluding hydrogens is 330 g/mol. The predicted molar refractivity (Wildman–Crippen MR) is 86.4 cm³/mol. The molecule has 0 amide bonds. The summed E-state index contributed by atoms with van der Waals surface area (Å²) in [6.07, 6.45) is -6.89. The van der Waals surface area contributed by atoms with Crippen LogP contribution in [-0.2, 0) is 13.0 Å². The van der Waals surface area contributed by atoms with Crippen LogP contribution in [0.4, 0.5) is 0 Å². The van der Waals surface area contributed by atoms with Gasteiger partial charge < -0.3 is 30.6 Å². The summed E-state index contributed by atoms with van der Waals surface area (Å²) in [5, 5.41) is 65.1. The van der Waals surface area contributed by atoms with Gasteiger partial charge in [0.1, 0.15) is 24.4 Å². The summed E-state index contributed by atoms with van der Waals surface area (Å²) in [6.45, 7) is -0.286. The summed E-state index contributed by atoms with van der Waals surface area (Å²) in [6, 6.07) is 9.58. The molecule has 0 bridgehead atoms. The van der Waals surface area contributed by atoms with Crippen LogP contribution >= 0.6 is 0 Å². The largest absolute Gasteiger partial charge is 0.394 e. The van der Waals surface area contributed by atoms with Gasteiger partial charge in [0.05, 0.1) is 24.9 Å². The number of rotatable bonds is 9. The van der Waals surface area contributed by atoms with Crippen molar-refractivity contribution in [2.75, 3.05) is 6.61 Å². The highest BCUT2D eigenvalue weighted by atomic mass is 16.4. The van der Waals surface area contributed by atoms with Crippen LogP contribution in [0.2, 0.25) is 0 Å². The molecule has 0 fully saturated rings. The summed E-state index contributed by atoms with van der Waals surface area (Å²) in [5.41, 5.74) is 1.42. The maximum atomic E-state index is 10.0. The van der Waals surface area contributed by atoms with E-state index >= 15 is 0 Å². The van der Waals surface area contributed by atoms with Crippen molar-refractivity contribution in [1.29, 1.82) is 0 Å². The minimum atomic E-state index is -1.82. The first-order valence-corrected chi connectivity index (χ1v) is 7.86. The zero-order valence-corrected chi connectivity index (χ0v) is 13.5. The average Bonchev–Trinajstić information content (AvgIpc) is 3.06. The molecule has 138 valence electrons. The molecule has 2 rings (SSSR count). The number of aliphatic hydroxyl groups excluding tert-OH is 6. The van der Waals surface area contributed by atoms with E-state index in [1.807, 2.05) is 30.3 Å². The van der Waals surface area contributed by atoms with Crippen molar-refractivity contribution in [1.82, 2.24) is 15.0 Å². The monoisotopic (exact) mass is 353 g/mol. The van der Waals surface area contributed by atoms with E-state index in [0.29, 0.717) is 12.2 Å². The van der Waals surface area contributed by atoms with Gasteiger partial charge in [-0.25, -0.2) is 4.68 Å². The lowest BCUT2D eigenvalue weighted by atomic mass is 9.97. The Labute approximate surface area is 144 Å². The molecule has 9 nitrogen and oxygen atoms in total. The maximum absolute atomic E-state index is 10.0. The molecule has 5 atom stereocenters. The summed E-state index contributed by atoms with van der Waals surface area (Å²) >= 11 is 0. The van der Waals surface area contributed by atoms with Crippen LogP contribution < -0.4 is 0 Å². The molecule has 0 aliphatic heterocycles. The Bertz CT molecular complexity index is 638. The standard InChI is InChI=1S/C16H23N3O6/c20-9-13(22)15(24)16(25)14(23)12(21)6-11-8-19(18-17-11)7-10-4-2-1-3-5-10/h1-5,8,12-16,20-25H,6-7,9H2/t12-,13+,14+,15+,16+/m0/s1. The van der Waals surface area contributed by atoms with E-state index < -0.39 is 37.1 Å². The number of aliphatic hydroxyl groups is 6. The van der Waals surface area contributed by atoms with Gasteiger partial charge in [-0.3, -0.25) is 0 Å². The van der Waals surface area contributed by atoms with Crippen LogP contribution in [0.15, 0.2) is 36.5 Å². The fourth-order valence-electron chi connectivity index (χ4n) is 2.38. The summed E-state index contributed by atoms with van der Waals surface area (Å²) < 4.78 is 1.57. The van der Waals surface area contributed by atoms with Crippen LogP contribution in [0.5, 0.6) is 0 Å². The van der Waals surface area contributed by atoms with E-state index in [0.717, 1.165) is 5.56 Å². The molecular formula is C16H23N3O6. The van der Waals surface area contributed by atoms with Crippen LogP contribution in [0.1, 0.15) is 11.3 Å². The van der Waals surface area contributed by atoms with Gasteiger partial charge in [0.2, 0.25) is 0 Å². The molecule has 2 aromatic rings. The van der Waals surface area contributed by atoms with Crippen molar-refractivity contribution in [2.24, 2.45) is 0 Å². The zero-order chi connectivity index (χ0) is 18.4. The SMILES string of the molecule is OC[C@@H](O)[C@@H](O)[C@H](O)[C@H](O)[C@@H](O)Cc1cn(Cc2ccccc2)nn1.